The van der Waals surface area contributed by atoms with Crippen LogP contribution in [0.3, 0.4) is 0 Å². The van der Waals surface area contributed by atoms with E-state index in [1.165, 1.54) is 12.1 Å². The summed E-state index contributed by atoms with van der Waals surface area (Å²) in [5.74, 6) is -0.814. The molecule has 2 aromatic rings. The van der Waals surface area contributed by atoms with Gasteiger partial charge in [-0.15, -0.1) is 0 Å². The summed E-state index contributed by atoms with van der Waals surface area (Å²) in [6, 6.07) is 11.2. The van der Waals surface area contributed by atoms with Crippen molar-refractivity contribution in [3.05, 3.63) is 48.0 Å². The van der Waals surface area contributed by atoms with E-state index in [0.717, 1.165) is 11.1 Å². The fourth-order valence-electron chi connectivity index (χ4n) is 1.81. The van der Waals surface area contributed by atoms with Crippen LogP contribution in [0.5, 0.6) is 11.5 Å². The molecule has 5 nitrogen and oxygen atoms in total. The predicted molar refractivity (Wildman–Crippen MR) is 77.2 cm³/mol. The van der Waals surface area contributed by atoms with Crippen LogP contribution < -0.4 is 0 Å². The van der Waals surface area contributed by atoms with Gasteiger partial charge in [0.25, 0.3) is 0 Å². The molecule has 0 spiro atoms. The molecule has 2 aromatic carbocycles. The van der Waals surface area contributed by atoms with Gasteiger partial charge in [0.1, 0.15) is 0 Å². The summed E-state index contributed by atoms with van der Waals surface area (Å²) in [5.41, 5.74) is 1.95. The Morgan fingerprint density at radius 3 is 2.24 bits per heavy atom. The zero-order valence-electron chi connectivity index (χ0n) is 11.3. The highest BCUT2D eigenvalue weighted by Gasteiger charge is 2.08. The van der Waals surface area contributed by atoms with E-state index in [2.05, 4.69) is 0 Å². The molecule has 3 N–H and O–H groups in total. The lowest BCUT2D eigenvalue weighted by Crippen LogP contribution is -2.07. The van der Waals surface area contributed by atoms with Crippen molar-refractivity contribution in [2.75, 3.05) is 13.2 Å². The lowest BCUT2D eigenvalue weighted by Gasteiger charge is -2.06. The van der Waals surface area contributed by atoms with E-state index in [1.807, 2.05) is 0 Å². The smallest absolute Gasteiger partial charge is 0.338 e. The van der Waals surface area contributed by atoms with Crippen molar-refractivity contribution in [1.82, 2.24) is 0 Å². The Kier molecular flexibility index (Phi) is 4.79. The predicted octanol–water partition coefficient (Wildman–Crippen LogP) is 2.30. The number of phenols is 2. The highest BCUT2D eigenvalue weighted by atomic mass is 16.5. The molecule has 0 fully saturated rings. The zero-order chi connectivity index (χ0) is 15.2. The third-order valence-electron chi connectivity index (χ3n) is 2.96. The molecule has 0 radical (unpaired) electrons. The van der Waals surface area contributed by atoms with Gasteiger partial charge in [-0.1, -0.05) is 18.2 Å². The summed E-state index contributed by atoms with van der Waals surface area (Å²) in [7, 11) is 0. The summed E-state index contributed by atoms with van der Waals surface area (Å²) in [4.78, 5) is 11.7. The van der Waals surface area contributed by atoms with Crippen LogP contribution in [0, 0.1) is 0 Å². The minimum atomic E-state index is -0.441. The molecule has 0 aliphatic carbocycles. The highest BCUT2D eigenvalue weighted by Crippen LogP contribution is 2.30. The average Bonchev–Trinajstić information content (AvgIpc) is 2.50. The van der Waals surface area contributed by atoms with Crippen molar-refractivity contribution in [2.24, 2.45) is 0 Å². The quantitative estimate of drug-likeness (QED) is 0.446. The molecule has 0 saturated heterocycles. The van der Waals surface area contributed by atoms with E-state index in [0.29, 0.717) is 12.0 Å². The first-order valence-electron chi connectivity index (χ1n) is 6.52. The first-order chi connectivity index (χ1) is 10.1. The molecule has 110 valence electrons. The molecule has 5 heteroatoms. The standard InChI is InChI=1S/C16H16O5/c17-8-1-9-21-16(20)12-4-2-11(3-5-12)13-6-7-14(18)15(19)10-13/h2-7,10,17-19H,1,8-9H2. The number of rotatable bonds is 5. The van der Waals surface area contributed by atoms with Gasteiger partial charge in [-0.3, -0.25) is 0 Å². The molecule has 0 heterocycles. The maximum Gasteiger partial charge on any atom is 0.338 e. The molecule has 0 atom stereocenters. The van der Waals surface area contributed by atoms with Gasteiger partial charge in [-0.05, 0) is 35.4 Å². The fourth-order valence-corrected chi connectivity index (χ4v) is 1.81. The Hall–Kier alpha value is -2.53. The molecule has 0 aliphatic heterocycles. The lowest BCUT2D eigenvalue weighted by molar-refractivity contribution is 0.0482. The molecule has 0 bridgehead atoms. The molecule has 0 aliphatic rings. The van der Waals surface area contributed by atoms with Gasteiger partial charge >= 0.3 is 5.97 Å². The van der Waals surface area contributed by atoms with Gasteiger partial charge in [0.2, 0.25) is 0 Å². The molecule has 0 unspecified atom stereocenters. The molecular formula is C16H16O5. The normalized spacial score (nSPS) is 10.3. The molecule has 0 saturated carbocycles. The second kappa shape index (κ2) is 6.76. The van der Waals surface area contributed by atoms with Crippen LogP contribution in [0.4, 0.5) is 0 Å². The van der Waals surface area contributed by atoms with Crippen molar-refractivity contribution in [1.29, 1.82) is 0 Å². The summed E-state index contributed by atoms with van der Waals surface area (Å²) in [5, 5.41) is 27.4. The maximum atomic E-state index is 11.7. The first kappa shape index (κ1) is 14.9. The Morgan fingerprint density at radius 1 is 0.952 bits per heavy atom. The van der Waals surface area contributed by atoms with Crippen LogP contribution in [-0.2, 0) is 4.74 Å². The Bertz CT molecular complexity index is 619. The van der Waals surface area contributed by atoms with Crippen molar-refractivity contribution < 1.29 is 24.9 Å². The SMILES string of the molecule is O=C(OCCCO)c1ccc(-c2ccc(O)c(O)c2)cc1. The van der Waals surface area contributed by atoms with Crippen molar-refractivity contribution in [2.45, 2.75) is 6.42 Å². The minimum absolute atomic E-state index is 0.0173. The van der Waals surface area contributed by atoms with Gasteiger partial charge in [0.05, 0.1) is 12.2 Å². The van der Waals surface area contributed by atoms with Gasteiger partial charge in [0, 0.05) is 13.0 Å². The number of esters is 1. The number of phenolic OH excluding ortho intramolecular Hbond substituents is 2. The number of aliphatic hydroxyl groups is 1. The average molecular weight is 288 g/mol. The summed E-state index contributed by atoms with van der Waals surface area (Å²) in [6.45, 7) is 0.166. The molecular weight excluding hydrogens is 272 g/mol. The highest BCUT2D eigenvalue weighted by molar-refractivity contribution is 5.90. The van der Waals surface area contributed by atoms with Crippen molar-refractivity contribution in [3.63, 3.8) is 0 Å². The molecule has 0 aromatic heterocycles. The van der Waals surface area contributed by atoms with Crippen LogP contribution in [0.15, 0.2) is 42.5 Å². The molecule has 21 heavy (non-hydrogen) atoms. The second-order valence-corrected chi connectivity index (χ2v) is 4.49. The monoisotopic (exact) mass is 288 g/mol. The lowest BCUT2D eigenvalue weighted by atomic mass is 10.0. The van der Waals surface area contributed by atoms with Crippen LogP contribution in [0.25, 0.3) is 11.1 Å². The Labute approximate surface area is 122 Å². The number of benzene rings is 2. The number of carbonyl (C=O) groups excluding carboxylic acids is 1. The largest absolute Gasteiger partial charge is 0.504 e. The topological polar surface area (TPSA) is 87.0 Å². The van der Waals surface area contributed by atoms with Crippen molar-refractivity contribution >= 4 is 5.97 Å². The van der Waals surface area contributed by atoms with Gasteiger partial charge in [0.15, 0.2) is 11.5 Å². The van der Waals surface area contributed by atoms with Crippen LogP contribution in [0.2, 0.25) is 0 Å². The Morgan fingerprint density at radius 2 is 1.62 bits per heavy atom. The van der Waals surface area contributed by atoms with E-state index in [9.17, 15) is 15.0 Å². The van der Waals surface area contributed by atoms with E-state index in [4.69, 9.17) is 9.84 Å². The van der Waals surface area contributed by atoms with E-state index >= 15 is 0 Å². The van der Waals surface area contributed by atoms with Crippen LogP contribution >= 0.6 is 0 Å². The molecule has 0 amide bonds. The fraction of sp³-hybridized carbons (Fsp3) is 0.188. The second-order valence-electron chi connectivity index (χ2n) is 4.49. The number of aliphatic hydroxyl groups excluding tert-OH is 1. The third kappa shape index (κ3) is 3.73. The number of carbonyl (C=O) groups is 1. The van der Waals surface area contributed by atoms with Gasteiger partial charge in [-0.2, -0.15) is 0 Å². The summed E-state index contributed by atoms with van der Waals surface area (Å²) in [6.07, 6.45) is 0.413. The zero-order valence-corrected chi connectivity index (χ0v) is 11.3. The molecule has 2 rings (SSSR count). The number of hydrogen-bond donors (Lipinski definition) is 3. The number of hydrogen-bond acceptors (Lipinski definition) is 5. The number of ether oxygens (including phenoxy) is 1. The van der Waals surface area contributed by atoms with Crippen LogP contribution in [0.1, 0.15) is 16.8 Å². The first-order valence-corrected chi connectivity index (χ1v) is 6.52. The van der Waals surface area contributed by atoms with Crippen molar-refractivity contribution in [3.8, 4) is 22.6 Å². The van der Waals surface area contributed by atoms with E-state index in [-0.39, 0.29) is 24.7 Å². The van der Waals surface area contributed by atoms with Gasteiger partial charge in [-0.25, -0.2) is 4.79 Å². The van der Waals surface area contributed by atoms with E-state index in [1.54, 1.807) is 30.3 Å². The summed E-state index contributed by atoms with van der Waals surface area (Å²) < 4.78 is 4.98. The van der Waals surface area contributed by atoms with E-state index < -0.39 is 5.97 Å². The van der Waals surface area contributed by atoms with Crippen LogP contribution in [-0.4, -0.2) is 34.5 Å². The summed E-state index contributed by atoms with van der Waals surface area (Å²) >= 11 is 0. The minimum Gasteiger partial charge on any atom is -0.504 e. The van der Waals surface area contributed by atoms with Gasteiger partial charge < -0.3 is 20.1 Å². The number of aromatic hydroxyl groups is 2. The maximum absolute atomic E-state index is 11.7. The Balaban J connectivity index is 2.11. The third-order valence-corrected chi connectivity index (χ3v) is 2.96.